The lowest BCUT2D eigenvalue weighted by Gasteiger charge is -2.01. The average Bonchev–Trinajstić information content (AvgIpc) is 1.98. The Morgan fingerprint density at radius 3 is 2.60 bits per heavy atom. The van der Waals surface area contributed by atoms with Crippen LogP contribution in [-0.4, -0.2) is 0 Å². The van der Waals surface area contributed by atoms with E-state index in [4.69, 9.17) is 6.42 Å². The minimum Gasteiger partial charge on any atom is -0.120 e. The van der Waals surface area contributed by atoms with Crippen LogP contribution in [0.3, 0.4) is 0 Å². The molecule has 0 rings (SSSR count). The molecule has 0 fully saturated rings. The number of hydrogen-bond acceptors (Lipinski definition) is 0. The van der Waals surface area contributed by atoms with E-state index in [1.54, 1.807) is 0 Å². The lowest BCUT2D eigenvalue weighted by Crippen LogP contribution is -1.93. The van der Waals surface area contributed by atoms with Crippen molar-refractivity contribution in [1.82, 2.24) is 0 Å². The van der Waals surface area contributed by atoms with E-state index in [0.29, 0.717) is 5.92 Å². The van der Waals surface area contributed by atoms with Gasteiger partial charge >= 0.3 is 0 Å². The smallest absolute Gasteiger partial charge is 0.0309 e. The van der Waals surface area contributed by atoms with Crippen molar-refractivity contribution < 1.29 is 0 Å². The standard InChI is InChI=1S/C10H14/c1-4-7-9-10(6-3)8-5-2/h3,10H,5,8-9H2,1-2H3. The summed E-state index contributed by atoms with van der Waals surface area (Å²) in [4.78, 5) is 0. The zero-order valence-corrected chi connectivity index (χ0v) is 6.78. The van der Waals surface area contributed by atoms with Crippen LogP contribution in [0.2, 0.25) is 0 Å². The van der Waals surface area contributed by atoms with Crippen LogP contribution in [0.5, 0.6) is 0 Å². The minimum atomic E-state index is 0.373. The molecule has 0 N–H and O–H groups in total. The molecule has 0 aromatic heterocycles. The van der Waals surface area contributed by atoms with Crippen molar-refractivity contribution in [3.63, 3.8) is 0 Å². The predicted molar refractivity (Wildman–Crippen MR) is 45.3 cm³/mol. The van der Waals surface area contributed by atoms with Gasteiger partial charge in [-0.2, -0.15) is 0 Å². The molecule has 0 saturated heterocycles. The molecule has 0 spiro atoms. The van der Waals surface area contributed by atoms with Crippen LogP contribution in [0.1, 0.15) is 33.1 Å². The second-order valence-electron chi connectivity index (χ2n) is 2.28. The lowest BCUT2D eigenvalue weighted by molar-refractivity contribution is 0.615. The number of rotatable bonds is 3. The van der Waals surface area contributed by atoms with Crippen molar-refractivity contribution in [3.05, 3.63) is 0 Å². The van der Waals surface area contributed by atoms with E-state index in [9.17, 15) is 0 Å². The summed E-state index contributed by atoms with van der Waals surface area (Å²) in [5.74, 6) is 8.94. The summed E-state index contributed by atoms with van der Waals surface area (Å²) in [5.41, 5.74) is 0. The lowest BCUT2D eigenvalue weighted by atomic mass is 10.0. The highest BCUT2D eigenvalue weighted by Gasteiger charge is 1.98. The first kappa shape index (κ1) is 9.12. The van der Waals surface area contributed by atoms with Gasteiger partial charge in [-0.3, -0.25) is 0 Å². The van der Waals surface area contributed by atoms with Crippen LogP contribution in [0.4, 0.5) is 0 Å². The highest BCUT2D eigenvalue weighted by Crippen LogP contribution is 2.07. The molecule has 0 bridgehead atoms. The topological polar surface area (TPSA) is 0 Å². The highest BCUT2D eigenvalue weighted by molar-refractivity contribution is 5.03. The van der Waals surface area contributed by atoms with E-state index < -0.39 is 0 Å². The van der Waals surface area contributed by atoms with Gasteiger partial charge in [0.05, 0.1) is 0 Å². The summed E-state index contributed by atoms with van der Waals surface area (Å²) in [6, 6.07) is 0. The maximum absolute atomic E-state index is 5.28. The molecular weight excluding hydrogens is 120 g/mol. The summed E-state index contributed by atoms with van der Waals surface area (Å²) >= 11 is 0. The molecule has 10 heavy (non-hydrogen) atoms. The Hall–Kier alpha value is -0.880. The molecular formula is C10H14. The zero-order chi connectivity index (χ0) is 7.82. The van der Waals surface area contributed by atoms with Gasteiger partial charge in [-0.1, -0.05) is 13.3 Å². The fraction of sp³-hybridized carbons (Fsp3) is 0.600. The summed E-state index contributed by atoms with van der Waals surface area (Å²) < 4.78 is 0. The summed E-state index contributed by atoms with van der Waals surface area (Å²) in [7, 11) is 0. The highest BCUT2D eigenvalue weighted by atomic mass is 14.0. The van der Waals surface area contributed by atoms with Gasteiger partial charge in [0.15, 0.2) is 0 Å². The first-order chi connectivity index (χ1) is 4.85. The van der Waals surface area contributed by atoms with Gasteiger partial charge in [-0.25, -0.2) is 0 Å². The van der Waals surface area contributed by atoms with Gasteiger partial charge in [0.2, 0.25) is 0 Å². The molecule has 0 radical (unpaired) electrons. The van der Waals surface area contributed by atoms with E-state index in [-0.39, 0.29) is 0 Å². The predicted octanol–water partition coefficient (Wildman–Crippen LogP) is 2.45. The molecule has 0 aliphatic rings. The minimum absolute atomic E-state index is 0.373. The fourth-order valence-electron chi connectivity index (χ4n) is 0.818. The maximum atomic E-state index is 5.28. The van der Waals surface area contributed by atoms with E-state index in [0.717, 1.165) is 19.3 Å². The van der Waals surface area contributed by atoms with Gasteiger partial charge in [0.25, 0.3) is 0 Å². The van der Waals surface area contributed by atoms with Gasteiger partial charge in [0, 0.05) is 12.3 Å². The van der Waals surface area contributed by atoms with Crippen molar-refractivity contribution in [2.24, 2.45) is 5.92 Å². The Kier molecular flexibility index (Phi) is 5.69. The summed E-state index contributed by atoms with van der Waals surface area (Å²) in [6.07, 6.45) is 8.40. The average molecular weight is 134 g/mol. The van der Waals surface area contributed by atoms with Crippen molar-refractivity contribution >= 4 is 0 Å². The second-order valence-corrected chi connectivity index (χ2v) is 2.28. The zero-order valence-electron chi connectivity index (χ0n) is 6.78. The number of hydrogen-bond donors (Lipinski definition) is 0. The molecule has 0 aliphatic heterocycles. The van der Waals surface area contributed by atoms with E-state index in [2.05, 4.69) is 24.7 Å². The van der Waals surface area contributed by atoms with Crippen molar-refractivity contribution in [3.8, 4) is 24.2 Å². The molecule has 0 heterocycles. The molecule has 0 heteroatoms. The molecule has 0 saturated carbocycles. The fourth-order valence-corrected chi connectivity index (χ4v) is 0.818. The third-order valence-electron chi connectivity index (χ3n) is 1.40. The molecule has 0 nitrogen and oxygen atoms in total. The first-order valence-electron chi connectivity index (χ1n) is 3.70. The second kappa shape index (κ2) is 6.24. The third kappa shape index (κ3) is 4.04. The van der Waals surface area contributed by atoms with E-state index >= 15 is 0 Å². The van der Waals surface area contributed by atoms with Gasteiger partial charge in [0.1, 0.15) is 0 Å². The Labute approximate surface area is 64.0 Å². The summed E-state index contributed by atoms with van der Waals surface area (Å²) in [5, 5.41) is 0. The maximum Gasteiger partial charge on any atom is 0.0309 e. The quantitative estimate of drug-likeness (QED) is 0.520. The molecule has 0 aliphatic carbocycles. The Morgan fingerprint density at radius 2 is 2.20 bits per heavy atom. The molecule has 0 amide bonds. The van der Waals surface area contributed by atoms with Crippen LogP contribution in [0.25, 0.3) is 0 Å². The van der Waals surface area contributed by atoms with Crippen LogP contribution >= 0.6 is 0 Å². The Morgan fingerprint density at radius 1 is 1.50 bits per heavy atom. The Balaban J connectivity index is 3.59. The van der Waals surface area contributed by atoms with Gasteiger partial charge in [-0.05, 0) is 13.3 Å². The van der Waals surface area contributed by atoms with Crippen LogP contribution in [0.15, 0.2) is 0 Å². The van der Waals surface area contributed by atoms with Crippen LogP contribution < -0.4 is 0 Å². The van der Waals surface area contributed by atoms with Crippen molar-refractivity contribution in [2.75, 3.05) is 0 Å². The van der Waals surface area contributed by atoms with Crippen LogP contribution in [-0.2, 0) is 0 Å². The van der Waals surface area contributed by atoms with E-state index in [1.165, 1.54) is 0 Å². The molecule has 0 aromatic rings. The SMILES string of the molecule is C#CC(CC#CC)CCC. The third-order valence-corrected chi connectivity index (χ3v) is 1.40. The normalized spacial score (nSPS) is 10.9. The molecule has 1 atom stereocenters. The Bertz CT molecular complexity index is 161. The largest absolute Gasteiger partial charge is 0.120 e. The van der Waals surface area contributed by atoms with Gasteiger partial charge < -0.3 is 0 Å². The molecule has 1 unspecified atom stereocenters. The summed E-state index contributed by atoms with van der Waals surface area (Å²) in [6.45, 7) is 3.99. The molecule has 0 aromatic carbocycles. The first-order valence-corrected chi connectivity index (χ1v) is 3.70. The van der Waals surface area contributed by atoms with Crippen LogP contribution in [0, 0.1) is 30.1 Å². The van der Waals surface area contributed by atoms with Crippen molar-refractivity contribution in [2.45, 2.75) is 33.1 Å². The van der Waals surface area contributed by atoms with E-state index in [1.807, 2.05) is 6.92 Å². The number of terminal acetylenes is 1. The monoisotopic (exact) mass is 134 g/mol. The van der Waals surface area contributed by atoms with Gasteiger partial charge in [-0.15, -0.1) is 24.2 Å². The van der Waals surface area contributed by atoms with Crippen molar-refractivity contribution in [1.29, 1.82) is 0 Å². The molecule has 54 valence electrons.